The van der Waals surface area contributed by atoms with Gasteiger partial charge in [-0.15, -0.1) is 0 Å². The summed E-state index contributed by atoms with van der Waals surface area (Å²) in [6.45, 7) is 15.9. The van der Waals surface area contributed by atoms with Gasteiger partial charge in [-0.2, -0.15) is 0 Å². The van der Waals surface area contributed by atoms with E-state index in [9.17, 15) is 0 Å². The first-order chi connectivity index (χ1) is 17.7. The van der Waals surface area contributed by atoms with Gasteiger partial charge in [-0.25, -0.2) is 0 Å². The fraction of sp³-hybridized carbons (Fsp3) is 0.419. The van der Waals surface area contributed by atoms with Gasteiger partial charge in [-0.3, -0.25) is 0 Å². The van der Waals surface area contributed by atoms with E-state index in [-0.39, 0.29) is 39.2 Å². The Morgan fingerprint density at radius 2 is 1.16 bits per heavy atom. The zero-order chi connectivity index (χ0) is 26.8. The second-order valence-corrected chi connectivity index (χ2v) is 12.7. The van der Waals surface area contributed by atoms with Gasteiger partial charge in [0, 0.05) is 19.3 Å². The smallest absolute Gasteiger partial charge is 0.357 e. The summed E-state index contributed by atoms with van der Waals surface area (Å²) >= 11 is -0.234. The summed E-state index contributed by atoms with van der Waals surface area (Å²) in [6, 6.07) is 23.2. The zero-order valence-corrected chi connectivity index (χ0v) is 25.2. The van der Waals surface area contributed by atoms with Crippen LogP contribution in [0.25, 0.3) is 0 Å². The first-order valence-electron chi connectivity index (χ1n) is 12.8. The number of ether oxygens (including phenoxy) is 5. The van der Waals surface area contributed by atoms with Gasteiger partial charge < -0.3 is 23.7 Å². The molecule has 0 amide bonds. The van der Waals surface area contributed by atoms with Gasteiger partial charge in [0.25, 0.3) is 0 Å². The largest absolute Gasteiger partial charge is 0.489 e. The first-order valence-corrected chi connectivity index (χ1v) is 15.0. The molecular weight excluding hydrogens is 579 g/mol. The Balaban J connectivity index is 1.64. The van der Waals surface area contributed by atoms with Gasteiger partial charge in [0.1, 0.15) is 23.9 Å². The van der Waals surface area contributed by atoms with E-state index >= 15 is 0 Å². The third kappa shape index (κ3) is 9.83. The van der Waals surface area contributed by atoms with Crippen LogP contribution in [-0.4, -0.2) is 25.8 Å². The topological polar surface area (TPSA) is 46.2 Å². The summed E-state index contributed by atoms with van der Waals surface area (Å²) in [7, 11) is 0. The van der Waals surface area contributed by atoms with E-state index in [4.69, 9.17) is 23.7 Å². The highest BCUT2D eigenvalue weighted by Gasteiger charge is 2.19. The Hall–Kier alpha value is -2.29. The minimum atomic E-state index is -0.362. The SMILES string of the molecule is CCOC(C)Oc1cc(COc2ccc([I+]c3ccc(C(C)(C)C)cc3)cc2)cc(OC(C)OCC)c1. The molecule has 200 valence electrons. The molecule has 0 heterocycles. The normalized spacial score (nSPS) is 13.2. The Labute approximate surface area is 232 Å². The number of rotatable bonds is 13. The summed E-state index contributed by atoms with van der Waals surface area (Å²) in [5.74, 6) is 2.16. The van der Waals surface area contributed by atoms with Crippen molar-refractivity contribution in [3.63, 3.8) is 0 Å². The van der Waals surface area contributed by atoms with Crippen LogP contribution in [-0.2, 0) is 21.5 Å². The number of benzene rings is 3. The average Bonchev–Trinajstić information content (AvgIpc) is 2.83. The van der Waals surface area contributed by atoms with Gasteiger partial charge in [-0.1, -0.05) is 32.9 Å². The van der Waals surface area contributed by atoms with E-state index in [1.165, 1.54) is 12.7 Å². The molecule has 2 unspecified atom stereocenters. The minimum Gasteiger partial charge on any atom is -0.489 e. The van der Waals surface area contributed by atoms with Crippen LogP contribution in [0.2, 0.25) is 0 Å². The van der Waals surface area contributed by atoms with Gasteiger partial charge >= 0.3 is 21.2 Å². The summed E-state index contributed by atoms with van der Waals surface area (Å²) in [5.41, 5.74) is 2.49. The van der Waals surface area contributed by atoms with Gasteiger partial charge in [0.2, 0.25) is 0 Å². The second-order valence-electron chi connectivity index (χ2n) is 9.69. The summed E-state index contributed by atoms with van der Waals surface area (Å²) in [5, 5.41) is 0. The van der Waals surface area contributed by atoms with E-state index < -0.39 is 0 Å². The maximum atomic E-state index is 6.10. The standard InChI is InChI=1S/C31H40IO5/c1-8-33-22(3)36-29-18-24(19-30(20-29)37-23(4)34-9-2)21-35-28-16-14-27(15-17-28)32-26-12-10-25(11-13-26)31(5,6)7/h10-20,22-23H,8-9,21H2,1-7H3/q+1. The molecule has 0 saturated heterocycles. The van der Waals surface area contributed by atoms with Crippen LogP contribution in [0.5, 0.6) is 17.2 Å². The number of hydrogen-bond acceptors (Lipinski definition) is 5. The van der Waals surface area contributed by atoms with Crippen molar-refractivity contribution in [2.75, 3.05) is 13.2 Å². The van der Waals surface area contributed by atoms with E-state index in [1.807, 2.05) is 58.0 Å². The van der Waals surface area contributed by atoms with Crippen LogP contribution in [0.1, 0.15) is 59.6 Å². The molecule has 0 fully saturated rings. The molecule has 2 atom stereocenters. The maximum Gasteiger partial charge on any atom is 0.357 e. The minimum absolute atomic E-state index is 0.178. The summed E-state index contributed by atoms with van der Waals surface area (Å²) in [4.78, 5) is 0. The molecule has 37 heavy (non-hydrogen) atoms. The van der Waals surface area contributed by atoms with Crippen LogP contribution >= 0.6 is 0 Å². The third-order valence-corrected chi connectivity index (χ3v) is 8.18. The van der Waals surface area contributed by atoms with Crippen molar-refractivity contribution in [1.82, 2.24) is 0 Å². The molecule has 0 radical (unpaired) electrons. The van der Waals surface area contributed by atoms with Crippen molar-refractivity contribution in [3.8, 4) is 17.2 Å². The lowest BCUT2D eigenvalue weighted by molar-refractivity contribution is -0.597. The lowest BCUT2D eigenvalue weighted by atomic mass is 9.87. The molecule has 0 aliphatic carbocycles. The fourth-order valence-corrected chi connectivity index (χ4v) is 5.83. The van der Waals surface area contributed by atoms with Gasteiger partial charge in [0.05, 0.1) is 0 Å². The van der Waals surface area contributed by atoms with E-state index in [0.717, 1.165) is 11.3 Å². The van der Waals surface area contributed by atoms with Crippen molar-refractivity contribution in [2.24, 2.45) is 0 Å². The lowest BCUT2D eigenvalue weighted by Gasteiger charge is -2.19. The highest BCUT2D eigenvalue weighted by Crippen LogP contribution is 2.26. The Kier molecular flexibility index (Phi) is 11.1. The molecule has 0 aliphatic heterocycles. The predicted octanol–water partition coefficient (Wildman–Crippen LogP) is 4.21. The zero-order valence-electron chi connectivity index (χ0n) is 23.0. The van der Waals surface area contributed by atoms with E-state index in [2.05, 4.69) is 57.2 Å². The molecular formula is C31H40IO5+. The van der Waals surface area contributed by atoms with Crippen molar-refractivity contribution in [2.45, 2.75) is 73.1 Å². The van der Waals surface area contributed by atoms with Crippen molar-refractivity contribution in [1.29, 1.82) is 0 Å². The molecule has 0 aromatic heterocycles. The van der Waals surface area contributed by atoms with Gasteiger partial charge in [-0.05, 0) is 92.8 Å². The third-order valence-electron chi connectivity index (χ3n) is 5.49. The van der Waals surface area contributed by atoms with Crippen LogP contribution in [0.15, 0.2) is 66.7 Å². The molecule has 3 rings (SSSR count). The maximum absolute atomic E-state index is 6.10. The molecule has 3 aromatic rings. The number of halogens is 1. The van der Waals surface area contributed by atoms with Crippen LogP contribution < -0.4 is 35.4 Å². The molecule has 0 saturated carbocycles. The van der Waals surface area contributed by atoms with E-state index in [0.29, 0.717) is 31.3 Å². The van der Waals surface area contributed by atoms with Crippen molar-refractivity contribution in [3.05, 3.63) is 85.0 Å². The highest BCUT2D eigenvalue weighted by molar-refractivity contribution is 5.38. The molecule has 0 N–H and O–H groups in total. The Bertz CT molecular complexity index is 1060. The molecule has 5 nitrogen and oxygen atoms in total. The van der Waals surface area contributed by atoms with E-state index in [1.54, 1.807) is 0 Å². The summed E-state index contributed by atoms with van der Waals surface area (Å²) in [6.07, 6.45) is -0.724. The van der Waals surface area contributed by atoms with Gasteiger partial charge in [0.15, 0.2) is 19.7 Å². The lowest BCUT2D eigenvalue weighted by Crippen LogP contribution is -3.61. The van der Waals surface area contributed by atoms with Crippen molar-refractivity contribution < 1.29 is 44.9 Å². The monoisotopic (exact) mass is 619 g/mol. The number of hydrogen-bond donors (Lipinski definition) is 0. The predicted molar refractivity (Wildman–Crippen MR) is 143 cm³/mol. The summed E-state index contributed by atoms with van der Waals surface area (Å²) < 4.78 is 31.8. The molecule has 3 aromatic carbocycles. The highest BCUT2D eigenvalue weighted by atomic mass is 127. The quantitative estimate of drug-likeness (QED) is 0.212. The average molecular weight is 620 g/mol. The Morgan fingerprint density at radius 3 is 1.62 bits per heavy atom. The fourth-order valence-electron chi connectivity index (χ4n) is 3.67. The van der Waals surface area contributed by atoms with Crippen molar-refractivity contribution >= 4 is 0 Å². The first kappa shape index (κ1) is 29.3. The second kappa shape index (κ2) is 14.0. The van der Waals surface area contributed by atoms with Crippen LogP contribution in [0.3, 0.4) is 0 Å². The molecule has 0 bridgehead atoms. The van der Waals surface area contributed by atoms with Crippen LogP contribution in [0.4, 0.5) is 0 Å². The molecule has 0 spiro atoms. The molecule has 0 aliphatic rings. The molecule has 6 heteroatoms. The van der Waals surface area contributed by atoms with Crippen LogP contribution in [0, 0.1) is 7.14 Å². The Morgan fingerprint density at radius 1 is 0.676 bits per heavy atom.